The van der Waals surface area contributed by atoms with Gasteiger partial charge in [0, 0.05) is 12.2 Å². The summed E-state index contributed by atoms with van der Waals surface area (Å²) >= 11 is 0. The summed E-state index contributed by atoms with van der Waals surface area (Å²) in [6, 6.07) is -0.113. The van der Waals surface area contributed by atoms with Crippen molar-refractivity contribution in [3.63, 3.8) is 0 Å². The fourth-order valence-electron chi connectivity index (χ4n) is 1.43. The van der Waals surface area contributed by atoms with Gasteiger partial charge in [-0.2, -0.15) is 0 Å². The number of aliphatic hydroxyl groups is 1. The molecule has 0 unspecified atom stereocenters. The van der Waals surface area contributed by atoms with Gasteiger partial charge in [0.15, 0.2) is 5.82 Å². The molecular weight excluding hydrogens is 210 g/mol. The van der Waals surface area contributed by atoms with E-state index in [2.05, 4.69) is 20.7 Å². The van der Waals surface area contributed by atoms with Crippen LogP contribution in [0.3, 0.4) is 0 Å². The Balaban J connectivity index is 2.24. The van der Waals surface area contributed by atoms with Crippen LogP contribution in [-0.4, -0.2) is 40.3 Å². The Bertz CT molecular complexity index is 397. The third-order valence-electron chi connectivity index (χ3n) is 2.24. The van der Waals surface area contributed by atoms with Crippen LogP contribution in [0.4, 0.5) is 5.82 Å². The fourth-order valence-corrected chi connectivity index (χ4v) is 1.43. The first-order valence-electron chi connectivity index (χ1n) is 4.95. The van der Waals surface area contributed by atoms with Gasteiger partial charge in [0.2, 0.25) is 0 Å². The van der Waals surface area contributed by atoms with Gasteiger partial charge in [-0.3, -0.25) is 9.80 Å². The quantitative estimate of drug-likeness (QED) is 0.600. The Morgan fingerprint density at radius 3 is 3.31 bits per heavy atom. The van der Waals surface area contributed by atoms with Crippen molar-refractivity contribution < 1.29 is 9.90 Å². The van der Waals surface area contributed by atoms with Gasteiger partial charge in [-0.1, -0.05) is 0 Å². The molecule has 1 aromatic rings. The van der Waals surface area contributed by atoms with E-state index in [9.17, 15) is 4.79 Å². The molecule has 86 valence electrons. The Kier molecular flexibility index (Phi) is 2.97. The molecule has 1 amide bonds. The van der Waals surface area contributed by atoms with E-state index < -0.39 is 0 Å². The van der Waals surface area contributed by atoms with E-state index in [1.54, 1.807) is 5.01 Å². The summed E-state index contributed by atoms with van der Waals surface area (Å²) in [6.45, 7) is 2.15. The lowest BCUT2D eigenvalue weighted by Crippen LogP contribution is -2.54. The van der Waals surface area contributed by atoms with E-state index in [-0.39, 0.29) is 18.6 Å². The number of hydrazine groups is 1. The largest absolute Gasteiger partial charge is 0.395 e. The Morgan fingerprint density at radius 1 is 1.75 bits per heavy atom. The standard InChI is InChI=1S/C9H13N5O2/c1-6(3-15)13-14-5-12-9(16)7-2-10-4-11-8(7)14/h2,4,6,13,15H,3,5H2,1H3,(H,12,16)/t6-/m0/s1. The highest BCUT2D eigenvalue weighted by Crippen LogP contribution is 2.17. The maximum Gasteiger partial charge on any atom is 0.258 e. The zero-order valence-electron chi connectivity index (χ0n) is 8.84. The molecule has 0 aliphatic carbocycles. The van der Waals surface area contributed by atoms with Crippen LogP contribution < -0.4 is 15.8 Å². The number of aromatic nitrogens is 2. The lowest BCUT2D eigenvalue weighted by atomic mass is 10.2. The Hall–Kier alpha value is -1.73. The number of rotatable bonds is 3. The van der Waals surface area contributed by atoms with Crippen LogP contribution in [0, 0.1) is 0 Å². The number of amides is 1. The van der Waals surface area contributed by atoms with Crippen molar-refractivity contribution in [2.75, 3.05) is 18.3 Å². The van der Waals surface area contributed by atoms with Gasteiger partial charge in [0.25, 0.3) is 5.91 Å². The first-order chi connectivity index (χ1) is 7.72. The van der Waals surface area contributed by atoms with Gasteiger partial charge in [-0.15, -0.1) is 0 Å². The van der Waals surface area contributed by atoms with Crippen molar-refractivity contribution in [2.45, 2.75) is 13.0 Å². The number of carbonyl (C=O) groups is 1. The van der Waals surface area contributed by atoms with Crippen LogP contribution in [0.2, 0.25) is 0 Å². The lowest BCUT2D eigenvalue weighted by molar-refractivity contribution is 0.0943. The smallest absolute Gasteiger partial charge is 0.258 e. The lowest BCUT2D eigenvalue weighted by Gasteiger charge is -2.31. The number of aliphatic hydroxyl groups excluding tert-OH is 1. The summed E-state index contributed by atoms with van der Waals surface area (Å²) in [4.78, 5) is 19.3. The molecule has 7 nitrogen and oxygen atoms in total. The summed E-state index contributed by atoms with van der Waals surface area (Å²) in [5, 5.41) is 13.3. The van der Waals surface area contributed by atoms with Crippen molar-refractivity contribution in [1.82, 2.24) is 20.7 Å². The van der Waals surface area contributed by atoms with Crippen LogP contribution in [0.5, 0.6) is 0 Å². The molecule has 2 heterocycles. The first kappa shape index (κ1) is 10.8. The highest BCUT2D eigenvalue weighted by Gasteiger charge is 2.24. The zero-order valence-corrected chi connectivity index (χ0v) is 8.84. The molecule has 1 aromatic heterocycles. The highest BCUT2D eigenvalue weighted by molar-refractivity contribution is 6.00. The minimum Gasteiger partial charge on any atom is -0.395 e. The zero-order chi connectivity index (χ0) is 11.5. The van der Waals surface area contributed by atoms with E-state index in [4.69, 9.17) is 5.11 Å². The third kappa shape index (κ3) is 1.95. The van der Waals surface area contributed by atoms with Gasteiger partial charge in [-0.25, -0.2) is 15.4 Å². The molecule has 3 N–H and O–H groups in total. The van der Waals surface area contributed by atoms with Gasteiger partial charge in [0.05, 0.1) is 6.61 Å². The molecule has 16 heavy (non-hydrogen) atoms. The summed E-state index contributed by atoms with van der Waals surface area (Å²) in [6.07, 6.45) is 2.85. The normalized spacial score (nSPS) is 16.6. The molecule has 1 aliphatic heterocycles. The molecule has 0 bridgehead atoms. The van der Waals surface area contributed by atoms with Crippen molar-refractivity contribution >= 4 is 11.7 Å². The number of hydrogen-bond acceptors (Lipinski definition) is 6. The van der Waals surface area contributed by atoms with Gasteiger partial charge < -0.3 is 10.4 Å². The average molecular weight is 223 g/mol. The average Bonchev–Trinajstić information content (AvgIpc) is 2.33. The molecule has 1 aliphatic rings. The van der Waals surface area contributed by atoms with Crippen LogP contribution >= 0.6 is 0 Å². The van der Waals surface area contributed by atoms with E-state index in [1.165, 1.54) is 12.5 Å². The molecule has 0 spiro atoms. The summed E-state index contributed by atoms with van der Waals surface area (Å²) in [5.74, 6) is 0.337. The monoisotopic (exact) mass is 223 g/mol. The molecule has 7 heteroatoms. The molecule has 0 saturated carbocycles. The predicted octanol–water partition coefficient (Wildman–Crippen LogP) is -1.13. The maximum atomic E-state index is 11.5. The number of anilines is 1. The molecule has 0 radical (unpaired) electrons. The van der Waals surface area contributed by atoms with Crippen molar-refractivity contribution in [3.8, 4) is 0 Å². The second kappa shape index (κ2) is 4.42. The minimum atomic E-state index is -0.190. The van der Waals surface area contributed by atoms with Crippen LogP contribution in [0.25, 0.3) is 0 Å². The fraction of sp³-hybridized carbons (Fsp3) is 0.444. The topological polar surface area (TPSA) is 90.4 Å². The number of nitrogens with zero attached hydrogens (tertiary/aromatic N) is 3. The molecule has 2 rings (SSSR count). The first-order valence-corrected chi connectivity index (χ1v) is 4.95. The Labute approximate surface area is 92.5 Å². The van der Waals surface area contributed by atoms with Crippen LogP contribution in [0.15, 0.2) is 12.5 Å². The number of fused-ring (bicyclic) bond motifs is 1. The molecule has 0 fully saturated rings. The number of hydrogen-bond donors (Lipinski definition) is 3. The second-order valence-corrected chi connectivity index (χ2v) is 3.56. The molecule has 1 atom stereocenters. The third-order valence-corrected chi connectivity index (χ3v) is 2.24. The van der Waals surface area contributed by atoms with Crippen molar-refractivity contribution in [2.24, 2.45) is 0 Å². The Morgan fingerprint density at radius 2 is 2.56 bits per heavy atom. The number of nitrogens with one attached hydrogen (secondary N) is 2. The summed E-state index contributed by atoms with van der Waals surface area (Å²) < 4.78 is 0. The van der Waals surface area contributed by atoms with Gasteiger partial charge in [0.1, 0.15) is 18.6 Å². The van der Waals surface area contributed by atoms with E-state index in [0.29, 0.717) is 18.1 Å². The summed E-state index contributed by atoms with van der Waals surface area (Å²) in [5.41, 5.74) is 3.45. The maximum absolute atomic E-state index is 11.5. The second-order valence-electron chi connectivity index (χ2n) is 3.56. The van der Waals surface area contributed by atoms with E-state index >= 15 is 0 Å². The molecular formula is C9H13N5O2. The van der Waals surface area contributed by atoms with Gasteiger partial charge >= 0.3 is 0 Å². The van der Waals surface area contributed by atoms with Crippen molar-refractivity contribution in [3.05, 3.63) is 18.1 Å². The van der Waals surface area contributed by atoms with E-state index in [1.807, 2.05) is 6.92 Å². The van der Waals surface area contributed by atoms with E-state index in [0.717, 1.165) is 0 Å². The van der Waals surface area contributed by atoms with Crippen LogP contribution in [0.1, 0.15) is 17.3 Å². The SMILES string of the molecule is C[C@@H](CO)NN1CNC(=O)c2cncnc21. The number of carbonyl (C=O) groups excluding carboxylic acids is 1. The molecule has 0 aromatic carbocycles. The van der Waals surface area contributed by atoms with Crippen LogP contribution in [-0.2, 0) is 0 Å². The van der Waals surface area contributed by atoms with Crippen molar-refractivity contribution in [1.29, 1.82) is 0 Å². The summed E-state index contributed by atoms with van der Waals surface area (Å²) in [7, 11) is 0. The minimum absolute atomic E-state index is 0.00482. The predicted molar refractivity (Wildman–Crippen MR) is 56.5 cm³/mol. The van der Waals surface area contributed by atoms with Gasteiger partial charge in [-0.05, 0) is 6.92 Å². The molecule has 0 saturated heterocycles. The highest BCUT2D eigenvalue weighted by atomic mass is 16.3.